The standard InChI is InChI=1S/C8H18FO2P/c1-7(2)5-6-11-12(9,10)8(3)4/h7-8H,5-6H2,1-4H3. The molecule has 2 nitrogen and oxygen atoms in total. The first-order chi connectivity index (χ1) is 5.36. The topological polar surface area (TPSA) is 26.3 Å². The van der Waals surface area contributed by atoms with E-state index in [1.807, 2.05) is 13.8 Å². The van der Waals surface area contributed by atoms with Gasteiger partial charge < -0.3 is 4.52 Å². The van der Waals surface area contributed by atoms with Gasteiger partial charge in [0, 0.05) is 0 Å². The highest BCUT2D eigenvalue weighted by atomic mass is 31.2. The van der Waals surface area contributed by atoms with Crippen LogP contribution in [0.25, 0.3) is 0 Å². The van der Waals surface area contributed by atoms with Crippen LogP contribution in [0.3, 0.4) is 0 Å². The lowest BCUT2D eigenvalue weighted by Gasteiger charge is -2.13. The molecule has 0 bridgehead atoms. The summed E-state index contributed by atoms with van der Waals surface area (Å²) in [5.74, 6) is 0.456. The summed E-state index contributed by atoms with van der Waals surface area (Å²) in [4.78, 5) is 0. The maximum absolute atomic E-state index is 13.0. The molecule has 0 spiro atoms. The van der Waals surface area contributed by atoms with Crippen molar-refractivity contribution in [3.63, 3.8) is 0 Å². The fourth-order valence-corrected chi connectivity index (χ4v) is 1.21. The SMILES string of the molecule is CC(C)CCOP(=O)(F)C(C)C. The molecule has 0 aromatic rings. The third-order valence-electron chi connectivity index (χ3n) is 1.58. The number of rotatable bonds is 5. The summed E-state index contributed by atoms with van der Waals surface area (Å²) < 4.78 is 28.7. The third kappa shape index (κ3) is 4.89. The van der Waals surface area contributed by atoms with Crippen molar-refractivity contribution < 1.29 is 13.3 Å². The fraction of sp³-hybridized carbons (Fsp3) is 1.00. The van der Waals surface area contributed by atoms with Crippen molar-refractivity contribution in [2.45, 2.75) is 39.8 Å². The molecule has 74 valence electrons. The van der Waals surface area contributed by atoms with Crippen LogP contribution in [0.15, 0.2) is 0 Å². The number of hydrogen-bond donors (Lipinski definition) is 0. The fourth-order valence-electron chi connectivity index (χ4n) is 0.562. The Morgan fingerprint density at radius 3 is 2.17 bits per heavy atom. The van der Waals surface area contributed by atoms with Crippen LogP contribution >= 0.6 is 7.68 Å². The zero-order valence-corrected chi connectivity index (χ0v) is 9.11. The minimum absolute atomic E-state index is 0.254. The van der Waals surface area contributed by atoms with Gasteiger partial charge in [-0.15, -0.1) is 0 Å². The summed E-state index contributed by atoms with van der Waals surface area (Å²) in [6.45, 7) is 7.42. The van der Waals surface area contributed by atoms with Gasteiger partial charge in [-0.2, -0.15) is 4.20 Å². The Bertz CT molecular complexity index is 168. The molecule has 1 atom stereocenters. The molecule has 0 aliphatic carbocycles. The Labute approximate surface area is 74.1 Å². The van der Waals surface area contributed by atoms with Crippen molar-refractivity contribution in [3.8, 4) is 0 Å². The van der Waals surface area contributed by atoms with Crippen LogP contribution in [-0.2, 0) is 9.09 Å². The molecule has 0 aromatic carbocycles. The van der Waals surface area contributed by atoms with Crippen LogP contribution in [0.1, 0.15) is 34.1 Å². The van der Waals surface area contributed by atoms with E-state index in [1.165, 1.54) is 0 Å². The first kappa shape index (κ1) is 12.1. The minimum atomic E-state index is -3.82. The van der Waals surface area contributed by atoms with Crippen LogP contribution in [0.2, 0.25) is 0 Å². The molecule has 0 saturated carbocycles. The average molecular weight is 196 g/mol. The summed E-state index contributed by atoms with van der Waals surface area (Å²) in [5, 5.41) is 0. The Morgan fingerprint density at radius 1 is 1.33 bits per heavy atom. The molecule has 0 rings (SSSR count). The van der Waals surface area contributed by atoms with Crippen LogP contribution < -0.4 is 0 Å². The maximum Gasteiger partial charge on any atom is 0.369 e. The van der Waals surface area contributed by atoms with E-state index in [2.05, 4.69) is 0 Å². The van der Waals surface area contributed by atoms with Gasteiger partial charge in [0.25, 0.3) is 0 Å². The summed E-state index contributed by atoms with van der Waals surface area (Å²) in [7, 11) is -3.82. The van der Waals surface area contributed by atoms with Gasteiger partial charge in [-0.25, -0.2) is 0 Å². The van der Waals surface area contributed by atoms with E-state index >= 15 is 0 Å². The highest BCUT2D eigenvalue weighted by molar-refractivity contribution is 7.54. The smallest absolute Gasteiger partial charge is 0.305 e. The Balaban J connectivity index is 3.70. The minimum Gasteiger partial charge on any atom is -0.305 e. The van der Waals surface area contributed by atoms with E-state index < -0.39 is 13.3 Å². The monoisotopic (exact) mass is 196 g/mol. The predicted molar refractivity (Wildman–Crippen MR) is 49.3 cm³/mol. The quantitative estimate of drug-likeness (QED) is 0.628. The lowest BCUT2D eigenvalue weighted by atomic mass is 10.2. The third-order valence-corrected chi connectivity index (χ3v) is 3.35. The van der Waals surface area contributed by atoms with Crippen molar-refractivity contribution in [1.82, 2.24) is 0 Å². The molecule has 0 N–H and O–H groups in total. The van der Waals surface area contributed by atoms with Crippen LogP contribution in [0.5, 0.6) is 0 Å². The summed E-state index contributed by atoms with van der Waals surface area (Å²) in [6.07, 6.45) is 0.751. The molecular weight excluding hydrogens is 178 g/mol. The Kier molecular flexibility index (Phi) is 5.03. The second-order valence-electron chi connectivity index (χ2n) is 3.63. The zero-order chi connectivity index (χ0) is 9.78. The number of hydrogen-bond acceptors (Lipinski definition) is 2. The van der Waals surface area contributed by atoms with Gasteiger partial charge in [-0.05, 0) is 12.3 Å². The molecule has 0 aromatic heterocycles. The van der Waals surface area contributed by atoms with Crippen molar-refractivity contribution in [1.29, 1.82) is 0 Å². The predicted octanol–water partition coefficient (Wildman–Crippen LogP) is 3.62. The van der Waals surface area contributed by atoms with Gasteiger partial charge in [-0.1, -0.05) is 27.7 Å². The molecule has 1 unspecified atom stereocenters. The van der Waals surface area contributed by atoms with Gasteiger partial charge in [0.2, 0.25) is 0 Å². The molecule has 0 fully saturated rings. The van der Waals surface area contributed by atoms with Gasteiger partial charge in [0.1, 0.15) is 0 Å². The molecule has 0 radical (unpaired) electrons. The van der Waals surface area contributed by atoms with Crippen molar-refractivity contribution in [3.05, 3.63) is 0 Å². The highest BCUT2D eigenvalue weighted by Gasteiger charge is 2.26. The second kappa shape index (κ2) is 4.98. The van der Waals surface area contributed by atoms with E-state index in [4.69, 9.17) is 4.52 Å². The lowest BCUT2D eigenvalue weighted by Crippen LogP contribution is -2.01. The van der Waals surface area contributed by atoms with Gasteiger partial charge in [0.05, 0.1) is 12.3 Å². The maximum atomic E-state index is 13.0. The molecule has 4 heteroatoms. The van der Waals surface area contributed by atoms with Gasteiger partial charge >= 0.3 is 7.68 Å². The molecule has 0 saturated heterocycles. The van der Waals surface area contributed by atoms with E-state index in [1.54, 1.807) is 13.8 Å². The summed E-state index contributed by atoms with van der Waals surface area (Å²) >= 11 is 0. The molecule has 12 heavy (non-hydrogen) atoms. The summed E-state index contributed by atoms with van der Waals surface area (Å²) in [6, 6.07) is 0. The van der Waals surface area contributed by atoms with Crippen molar-refractivity contribution in [2.75, 3.05) is 6.61 Å². The van der Waals surface area contributed by atoms with E-state index in [-0.39, 0.29) is 6.61 Å². The average Bonchev–Trinajstić information content (AvgIpc) is 1.85. The normalized spacial score (nSPS) is 16.9. The zero-order valence-electron chi connectivity index (χ0n) is 8.21. The molecule has 0 aliphatic heterocycles. The van der Waals surface area contributed by atoms with Crippen LogP contribution in [-0.4, -0.2) is 12.3 Å². The van der Waals surface area contributed by atoms with Gasteiger partial charge in [-0.3, -0.25) is 4.57 Å². The van der Waals surface area contributed by atoms with E-state index in [0.717, 1.165) is 6.42 Å². The Morgan fingerprint density at radius 2 is 1.83 bits per heavy atom. The molecule has 0 heterocycles. The first-order valence-electron chi connectivity index (χ1n) is 4.30. The van der Waals surface area contributed by atoms with Crippen molar-refractivity contribution in [2.24, 2.45) is 5.92 Å². The van der Waals surface area contributed by atoms with Crippen LogP contribution in [0, 0.1) is 5.92 Å². The first-order valence-corrected chi connectivity index (χ1v) is 5.88. The summed E-state index contributed by atoms with van der Waals surface area (Å²) in [5.41, 5.74) is -0.523. The van der Waals surface area contributed by atoms with E-state index in [0.29, 0.717) is 5.92 Å². The van der Waals surface area contributed by atoms with E-state index in [9.17, 15) is 8.76 Å². The van der Waals surface area contributed by atoms with Gasteiger partial charge in [0.15, 0.2) is 0 Å². The molecular formula is C8H18FO2P. The Hall–Kier alpha value is 0.120. The van der Waals surface area contributed by atoms with Crippen molar-refractivity contribution >= 4 is 7.68 Å². The largest absolute Gasteiger partial charge is 0.369 e. The number of halogens is 1. The lowest BCUT2D eigenvalue weighted by molar-refractivity contribution is 0.261. The molecule has 0 amide bonds. The van der Waals surface area contributed by atoms with Crippen LogP contribution in [0.4, 0.5) is 4.20 Å². The molecule has 0 aliphatic rings. The highest BCUT2D eigenvalue weighted by Crippen LogP contribution is 2.53. The second-order valence-corrected chi connectivity index (χ2v) is 5.96.